The summed E-state index contributed by atoms with van der Waals surface area (Å²) in [7, 11) is 0. The van der Waals surface area contributed by atoms with Crippen molar-refractivity contribution in [2.24, 2.45) is 28.7 Å². The first kappa shape index (κ1) is 44.8. The molecule has 18 heteroatoms. The van der Waals surface area contributed by atoms with Gasteiger partial charge in [0.15, 0.2) is 0 Å². The molecule has 1 aromatic rings. The van der Waals surface area contributed by atoms with Crippen molar-refractivity contribution in [2.45, 2.75) is 110 Å². The SMILES string of the molecule is CC(C)[C@H](NC(=O)[C@@H](NC(=O)[C@@H](N)Cc1ccc(O)cc1)C(C)C)C(=O)N[C@@H](CC(N)=O)C(=O)N[C@@H](CC(=O)O)C(=O)N[C@@H](CC(C)(C)C)C(=O)O. The molecule has 0 radical (unpaired) electrons. The monoisotopic (exact) mass is 735 g/mol. The van der Waals surface area contributed by atoms with Crippen LogP contribution in [0, 0.1) is 17.3 Å². The zero-order valence-electron chi connectivity index (χ0n) is 30.5. The number of primary amides is 1. The van der Waals surface area contributed by atoms with E-state index in [2.05, 4.69) is 26.6 Å². The van der Waals surface area contributed by atoms with Crippen LogP contribution < -0.4 is 38.1 Å². The molecule has 0 saturated carbocycles. The van der Waals surface area contributed by atoms with Gasteiger partial charge in [-0.25, -0.2) is 4.79 Å². The highest BCUT2D eigenvalue weighted by Gasteiger charge is 2.36. The standard InChI is InChI=1S/C34H53N7O11/c1-16(2)26(41-32(50)27(17(3)4)40-28(46)20(35)12-18-8-10-19(42)11-9-18)31(49)38-21(13-24(36)43)29(47)37-22(14-25(44)45)30(48)39-23(33(51)52)15-34(5,6)7/h8-11,16-17,20-23,26-27,42H,12-15,35H2,1-7H3,(H2,36,43)(H,37,47)(H,38,49)(H,39,48)(H,40,46)(H,41,50)(H,44,45)(H,51,52)/t20-,21-,22-,23-,26-,27-/m0/s1. The van der Waals surface area contributed by atoms with Gasteiger partial charge in [-0.2, -0.15) is 0 Å². The van der Waals surface area contributed by atoms with E-state index in [1.54, 1.807) is 60.6 Å². The van der Waals surface area contributed by atoms with E-state index in [0.717, 1.165) is 0 Å². The van der Waals surface area contributed by atoms with Crippen LogP contribution in [0.2, 0.25) is 0 Å². The van der Waals surface area contributed by atoms with Crippen molar-refractivity contribution in [3.8, 4) is 5.75 Å². The lowest BCUT2D eigenvalue weighted by atomic mass is 9.88. The normalized spacial score (nSPS) is 14.9. The van der Waals surface area contributed by atoms with Crippen molar-refractivity contribution in [1.82, 2.24) is 26.6 Å². The molecule has 1 aromatic carbocycles. The summed E-state index contributed by atoms with van der Waals surface area (Å²) in [5, 5.41) is 40.3. The van der Waals surface area contributed by atoms with E-state index in [1.165, 1.54) is 12.1 Å². The van der Waals surface area contributed by atoms with Crippen LogP contribution in [-0.2, 0) is 44.8 Å². The maximum absolute atomic E-state index is 13.5. The molecule has 0 aliphatic carbocycles. The molecule has 0 spiro atoms. The number of nitrogens with one attached hydrogen (secondary N) is 5. The molecule has 6 amide bonds. The number of amides is 6. The molecule has 0 heterocycles. The van der Waals surface area contributed by atoms with E-state index < -0.39 is 114 Å². The van der Waals surface area contributed by atoms with E-state index in [9.17, 15) is 53.7 Å². The second kappa shape index (κ2) is 20.0. The molecule has 0 aliphatic heterocycles. The Bertz CT molecular complexity index is 1460. The highest BCUT2D eigenvalue weighted by molar-refractivity contribution is 5.98. The Kier molecular flexibility index (Phi) is 17.2. The summed E-state index contributed by atoms with van der Waals surface area (Å²) < 4.78 is 0. The van der Waals surface area contributed by atoms with E-state index in [1.807, 2.05) is 0 Å². The van der Waals surface area contributed by atoms with E-state index in [0.29, 0.717) is 5.56 Å². The van der Waals surface area contributed by atoms with Gasteiger partial charge in [-0.15, -0.1) is 0 Å². The third-order valence-electron chi connectivity index (χ3n) is 7.70. The second-order valence-electron chi connectivity index (χ2n) is 14.5. The van der Waals surface area contributed by atoms with E-state index in [4.69, 9.17) is 11.5 Å². The first-order valence-electron chi connectivity index (χ1n) is 16.7. The molecule has 0 fully saturated rings. The highest BCUT2D eigenvalue weighted by atomic mass is 16.4. The van der Waals surface area contributed by atoms with Gasteiger partial charge < -0.3 is 53.4 Å². The fourth-order valence-corrected chi connectivity index (χ4v) is 4.96. The summed E-state index contributed by atoms with van der Waals surface area (Å²) in [4.78, 5) is 101. The minimum Gasteiger partial charge on any atom is -0.508 e. The van der Waals surface area contributed by atoms with Crippen LogP contribution in [0.5, 0.6) is 5.75 Å². The number of carbonyl (C=O) groups excluding carboxylic acids is 6. The van der Waals surface area contributed by atoms with Crippen molar-refractivity contribution in [2.75, 3.05) is 0 Å². The molecule has 0 aliphatic rings. The smallest absolute Gasteiger partial charge is 0.326 e. The average molecular weight is 736 g/mol. The molecular formula is C34H53N7O11. The zero-order chi connectivity index (χ0) is 40.1. The third kappa shape index (κ3) is 15.7. The summed E-state index contributed by atoms with van der Waals surface area (Å²) in [5.41, 5.74) is 11.5. The Morgan fingerprint density at radius 3 is 1.50 bits per heavy atom. The van der Waals surface area contributed by atoms with Crippen molar-refractivity contribution < 1.29 is 53.7 Å². The lowest BCUT2D eigenvalue weighted by Gasteiger charge is -2.29. The van der Waals surface area contributed by atoms with Crippen molar-refractivity contribution >= 4 is 47.4 Å². The van der Waals surface area contributed by atoms with Crippen LogP contribution in [0.25, 0.3) is 0 Å². The first-order chi connectivity index (χ1) is 23.9. The Morgan fingerprint density at radius 2 is 1.08 bits per heavy atom. The Labute approximate surface area is 302 Å². The van der Waals surface area contributed by atoms with Crippen LogP contribution >= 0.6 is 0 Å². The summed E-state index contributed by atoms with van der Waals surface area (Å²) in [6.07, 6.45) is -1.69. The Hall–Kier alpha value is -5.26. The minimum absolute atomic E-state index is 0.0293. The average Bonchev–Trinajstić information content (AvgIpc) is 3.00. The molecular weight excluding hydrogens is 682 g/mol. The number of carboxylic acid groups (broad SMARTS) is 2. The van der Waals surface area contributed by atoms with E-state index >= 15 is 0 Å². The van der Waals surface area contributed by atoms with Gasteiger partial charge in [-0.1, -0.05) is 60.6 Å². The van der Waals surface area contributed by atoms with Crippen molar-refractivity contribution in [1.29, 1.82) is 0 Å². The number of phenolic OH excluding ortho intramolecular Hbond substituents is 1. The van der Waals surface area contributed by atoms with Crippen LogP contribution in [0.1, 0.15) is 73.3 Å². The van der Waals surface area contributed by atoms with E-state index in [-0.39, 0.29) is 18.6 Å². The Morgan fingerprint density at radius 1 is 0.654 bits per heavy atom. The molecule has 290 valence electrons. The first-order valence-corrected chi connectivity index (χ1v) is 16.7. The van der Waals surface area contributed by atoms with Gasteiger partial charge in [0.25, 0.3) is 0 Å². The molecule has 0 bridgehead atoms. The third-order valence-corrected chi connectivity index (χ3v) is 7.70. The Balaban J connectivity index is 3.16. The molecule has 0 saturated heterocycles. The number of rotatable bonds is 20. The maximum Gasteiger partial charge on any atom is 0.326 e. The quantitative estimate of drug-likeness (QED) is 0.0761. The number of aliphatic carboxylic acids is 2. The number of carboxylic acids is 2. The molecule has 6 atom stereocenters. The van der Waals surface area contributed by atoms with Gasteiger partial charge in [0.2, 0.25) is 35.4 Å². The van der Waals surface area contributed by atoms with Crippen molar-refractivity contribution in [3.63, 3.8) is 0 Å². The van der Waals surface area contributed by atoms with Crippen LogP contribution in [0.4, 0.5) is 0 Å². The number of nitrogens with two attached hydrogens (primary N) is 2. The predicted octanol–water partition coefficient (Wildman–Crippen LogP) is -1.13. The van der Waals surface area contributed by atoms with Gasteiger partial charge in [-0.3, -0.25) is 33.6 Å². The molecule has 1 rings (SSSR count). The van der Waals surface area contributed by atoms with Crippen LogP contribution in [-0.4, -0.2) is 99.0 Å². The van der Waals surface area contributed by atoms with Crippen LogP contribution in [0.3, 0.4) is 0 Å². The topological polar surface area (TPSA) is 309 Å². The number of carbonyl (C=O) groups is 8. The lowest BCUT2D eigenvalue weighted by molar-refractivity contribution is -0.144. The van der Waals surface area contributed by atoms with Gasteiger partial charge in [-0.05, 0) is 47.8 Å². The summed E-state index contributed by atoms with van der Waals surface area (Å²) in [6.45, 7) is 11.6. The molecule has 0 unspecified atom stereocenters. The number of aromatic hydroxyl groups is 1. The molecule has 52 heavy (non-hydrogen) atoms. The fraction of sp³-hybridized carbons (Fsp3) is 0.588. The molecule has 12 N–H and O–H groups in total. The molecule has 18 nitrogen and oxygen atoms in total. The van der Waals surface area contributed by atoms with Gasteiger partial charge >= 0.3 is 11.9 Å². The second-order valence-corrected chi connectivity index (χ2v) is 14.5. The minimum atomic E-state index is -1.81. The zero-order valence-corrected chi connectivity index (χ0v) is 30.5. The number of hydrogen-bond acceptors (Lipinski definition) is 10. The largest absolute Gasteiger partial charge is 0.508 e. The number of hydrogen-bond donors (Lipinski definition) is 10. The summed E-state index contributed by atoms with van der Waals surface area (Å²) >= 11 is 0. The highest BCUT2D eigenvalue weighted by Crippen LogP contribution is 2.21. The van der Waals surface area contributed by atoms with Crippen LogP contribution in [0.15, 0.2) is 24.3 Å². The van der Waals surface area contributed by atoms with Gasteiger partial charge in [0.05, 0.1) is 18.9 Å². The number of phenols is 1. The maximum atomic E-state index is 13.5. The van der Waals surface area contributed by atoms with Gasteiger partial charge in [0, 0.05) is 0 Å². The lowest BCUT2D eigenvalue weighted by Crippen LogP contribution is -2.61. The fourth-order valence-electron chi connectivity index (χ4n) is 4.96. The predicted molar refractivity (Wildman–Crippen MR) is 187 cm³/mol. The van der Waals surface area contributed by atoms with Crippen molar-refractivity contribution in [3.05, 3.63) is 29.8 Å². The molecule has 0 aromatic heterocycles. The summed E-state index contributed by atoms with van der Waals surface area (Å²) in [5.74, 6) is -9.67. The summed E-state index contributed by atoms with van der Waals surface area (Å²) in [6, 6.07) is -2.44. The number of benzene rings is 1. The van der Waals surface area contributed by atoms with Gasteiger partial charge in [0.1, 0.15) is 36.0 Å².